The highest BCUT2D eigenvalue weighted by atomic mass is 16.2. The van der Waals surface area contributed by atoms with Crippen molar-refractivity contribution in [3.05, 3.63) is 60.7 Å². The van der Waals surface area contributed by atoms with Gasteiger partial charge in [-0.25, -0.2) is 0 Å². The second-order valence-corrected chi connectivity index (χ2v) is 6.49. The van der Waals surface area contributed by atoms with Crippen molar-refractivity contribution >= 4 is 34.6 Å². The van der Waals surface area contributed by atoms with Crippen molar-refractivity contribution in [3.8, 4) is 0 Å². The topological polar surface area (TPSA) is 90.1 Å². The van der Waals surface area contributed by atoms with Gasteiger partial charge in [0.1, 0.15) is 0 Å². The smallest absolute Gasteiger partial charge is 0.269 e. The maximum atomic E-state index is 12.7. The third-order valence-corrected chi connectivity index (χ3v) is 4.49. The molecule has 4 rings (SSSR count). The van der Waals surface area contributed by atoms with Crippen LogP contribution in [0.2, 0.25) is 0 Å². The van der Waals surface area contributed by atoms with E-state index in [1.165, 1.54) is 10.0 Å². The van der Waals surface area contributed by atoms with Gasteiger partial charge < -0.3 is 0 Å². The van der Waals surface area contributed by atoms with Crippen LogP contribution in [0.4, 0.5) is 11.4 Å². The summed E-state index contributed by atoms with van der Waals surface area (Å²) in [6, 6.07) is 16.6. The van der Waals surface area contributed by atoms with Crippen molar-refractivity contribution in [2.45, 2.75) is 25.9 Å². The number of para-hydroxylation sites is 2. The zero-order chi connectivity index (χ0) is 19.7. The summed E-state index contributed by atoms with van der Waals surface area (Å²) in [5.74, 6) is -0.597. The van der Waals surface area contributed by atoms with Gasteiger partial charge in [-0.2, -0.15) is 30.4 Å². The predicted octanol–water partition coefficient (Wildman–Crippen LogP) is 3.02. The van der Waals surface area contributed by atoms with E-state index < -0.39 is 12.1 Å². The number of rotatable bonds is 4. The van der Waals surface area contributed by atoms with Crippen LogP contribution < -0.4 is 10.0 Å². The molecule has 2 aromatic carbocycles. The Morgan fingerprint density at radius 3 is 1.39 bits per heavy atom. The van der Waals surface area contributed by atoms with Crippen molar-refractivity contribution in [1.29, 1.82) is 0 Å². The van der Waals surface area contributed by atoms with Crippen LogP contribution in [0, 0.1) is 0 Å². The van der Waals surface area contributed by atoms with E-state index in [0.717, 1.165) is 0 Å². The molecule has 2 atom stereocenters. The first-order chi connectivity index (χ1) is 13.6. The third-order valence-electron chi connectivity index (χ3n) is 4.49. The largest absolute Gasteiger partial charge is 0.280 e. The molecular weight excluding hydrogens is 356 g/mol. The number of nitrogens with zero attached hydrogens (tertiary/aromatic N) is 6. The van der Waals surface area contributed by atoms with Crippen molar-refractivity contribution in [3.63, 3.8) is 0 Å². The number of amides is 2. The maximum absolute atomic E-state index is 12.7. The molecule has 28 heavy (non-hydrogen) atoms. The Kier molecular flexibility index (Phi) is 4.52. The van der Waals surface area contributed by atoms with E-state index >= 15 is 0 Å². The molecule has 2 amide bonds. The van der Waals surface area contributed by atoms with E-state index in [9.17, 15) is 9.59 Å². The van der Waals surface area contributed by atoms with Gasteiger partial charge in [-0.3, -0.25) is 9.59 Å². The fourth-order valence-electron chi connectivity index (χ4n) is 3.02. The number of carbonyl (C=O) groups excluding carboxylic acids is 2. The molecular formula is C20H18N6O2. The van der Waals surface area contributed by atoms with Gasteiger partial charge in [-0.05, 0) is 38.1 Å². The highest BCUT2D eigenvalue weighted by Gasteiger charge is 2.38. The highest BCUT2D eigenvalue weighted by Crippen LogP contribution is 2.24. The van der Waals surface area contributed by atoms with E-state index in [4.69, 9.17) is 0 Å². The van der Waals surface area contributed by atoms with Crippen LogP contribution in [0.5, 0.6) is 0 Å². The number of hydrazone groups is 2. The maximum Gasteiger partial charge on any atom is 0.280 e. The number of carbonyl (C=O) groups is 2. The normalized spacial score (nSPS) is 22.2. The first kappa shape index (κ1) is 17.7. The number of hydrogen-bond donors (Lipinski definition) is 0. The lowest BCUT2D eigenvalue weighted by Gasteiger charge is -2.13. The molecule has 2 unspecified atom stereocenters. The van der Waals surface area contributed by atoms with E-state index in [1.54, 1.807) is 38.1 Å². The van der Waals surface area contributed by atoms with Gasteiger partial charge in [0.25, 0.3) is 11.8 Å². The summed E-state index contributed by atoms with van der Waals surface area (Å²) in [6.07, 6.45) is 0. The molecule has 2 aliphatic heterocycles. The van der Waals surface area contributed by atoms with Crippen LogP contribution in [0.3, 0.4) is 0 Å². The molecule has 8 heteroatoms. The molecule has 0 radical (unpaired) electrons. The quantitative estimate of drug-likeness (QED) is 0.770. The molecule has 2 heterocycles. The Morgan fingerprint density at radius 1 is 0.679 bits per heavy atom. The molecule has 0 saturated carbocycles. The Labute approximate surface area is 161 Å². The van der Waals surface area contributed by atoms with E-state index in [0.29, 0.717) is 22.8 Å². The van der Waals surface area contributed by atoms with Crippen LogP contribution in [-0.2, 0) is 9.59 Å². The van der Waals surface area contributed by atoms with Crippen molar-refractivity contribution < 1.29 is 9.59 Å². The van der Waals surface area contributed by atoms with E-state index in [2.05, 4.69) is 20.4 Å². The van der Waals surface area contributed by atoms with Crippen LogP contribution >= 0.6 is 0 Å². The number of azo groups is 1. The minimum absolute atomic E-state index is 0.299. The van der Waals surface area contributed by atoms with Gasteiger partial charge in [-0.1, -0.05) is 36.4 Å². The number of benzene rings is 2. The summed E-state index contributed by atoms with van der Waals surface area (Å²) in [5, 5.41) is 19.5. The molecule has 0 fully saturated rings. The summed E-state index contributed by atoms with van der Waals surface area (Å²) >= 11 is 0. The lowest BCUT2D eigenvalue weighted by Crippen LogP contribution is -2.32. The second-order valence-electron chi connectivity index (χ2n) is 6.49. The van der Waals surface area contributed by atoms with Crippen LogP contribution in [0.25, 0.3) is 0 Å². The lowest BCUT2D eigenvalue weighted by molar-refractivity contribution is -0.119. The van der Waals surface area contributed by atoms with Gasteiger partial charge in [-0.15, -0.1) is 0 Å². The number of hydrogen-bond acceptors (Lipinski definition) is 6. The highest BCUT2D eigenvalue weighted by molar-refractivity contribution is 6.19. The molecule has 0 bridgehead atoms. The fraction of sp³-hybridized carbons (Fsp3) is 0.200. The van der Waals surface area contributed by atoms with Crippen LogP contribution in [0.1, 0.15) is 13.8 Å². The lowest BCUT2D eigenvalue weighted by atomic mass is 10.2. The second kappa shape index (κ2) is 7.15. The Hall–Kier alpha value is -3.68. The average Bonchev–Trinajstić information content (AvgIpc) is 3.17. The Bertz CT molecular complexity index is 918. The summed E-state index contributed by atoms with van der Waals surface area (Å²) < 4.78 is 0. The first-order valence-corrected chi connectivity index (χ1v) is 8.84. The van der Waals surface area contributed by atoms with Crippen LogP contribution in [0.15, 0.2) is 81.1 Å². The third kappa shape index (κ3) is 3.09. The number of anilines is 2. The standard InChI is InChI=1S/C20H18N6O2/c1-13-17(19(27)25(23-13)15-9-5-3-6-10-15)21-22-18-14(2)24-26(20(18)28)16-11-7-4-8-12-16/h3-12,17-18H,1-2H3. The molecule has 0 saturated heterocycles. The average molecular weight is 374 g/mol. The molecule has 140 valence electrons. The minimum atomic E-state index is -0.841. The van der Waals surface area contributed by atoms with Gasteiger partial charge in [0.15, 0.2) is 12.1 Å². The molecule has 0 spiro atoms. The Morgan fingerprint density at radius 2 is 1.04 bits per heavy atom. The minimum Gasteiger partial charge on any atom is -0.269 e. The zero-order valence-electron chi connectivity index (χ0n) is 15.4. The van der Waals surface area contributed by atoms with Gasteiger partial charge in [0.2, 0.25) is 0 Å². The molecule has 0 N–H and O–H groups in total. The fourth-order valence-corrected chi connectivity index (χ4v) is 3.02. The van der Waals surface area contributed by atoms with Crippen molar-refractivity contribution in [2.75, 3.05) is 10.0 Å². The molecule has 8 nitrogen and oxygen atoms in total. The summed E-state index contributed by atoms with van der Waals surface area (Å²) in [5.41, 5.74) is 2.37. The van der Waals surface area contributed by atoms with Crippen molar-refractivity contribution in [2.24, 2.45) is 20.4 Å². The Balaban J connectivity index is 1.52. The summed E-state index contributed by atoms with van der Waals surface area (Å²) in [7, 11) is 0. The SMILES string of the molecule is CC1=NN(c2ccccc2)C(=O)C1N=NC1C(=O)N(c2ccccc2)N=C1C. The van der Waals surface area contributed by atoms with Gasteiger partial charge in [0, 0.05) is 0 Å². The molecule has 0 aromatic heterocycles. The first-order valence-electron chi connectivity index (χ1n) is 8.84. The molecule has 0 aliphatic carbocycles. The van der Waals surface area contributed by atoms with E-state index in [-0.39, 0.29) is 11.8 Å². The summed E-state index contributed by atoms with van der Waals surface area (Å²) in [6.45, 7) is 3.44. The summed E-state index contributed by atoms with van der Waals surface area (Å²) in [4.78, 5) is 25.4. The monoisotopic (exact) mass is 374 g/mol. The molecule has 2 aromatic rings. The van der Waals surface area contributed by atoms with Crippen molar-refractivity contribution in [1.82, 2.24) is 0 Å². The molecule has 2 aliphatic rings. The van der Waals surface area contributed by atoms with Crippen LogP contribution in [-0.4, -0.2) is 35.3 Å². The van der Waals surface area contributed by atoms with Gasteiger partial charge >= 0.3 is 0 Å². The zero-order valence-corrected chi connectivity index (χ0v) is 15.4. The van der Waals surface area contributed by atoms with E-state index in [1.807, 2.05) is 36.4 Å². The van der Waals surface area contributed by atoms with Gasteiger partial charge in [0.05, 0.1) is 22.8 Å². The predicted molar refractivity (Wildman–Crippen MR) is 107 cm³/mol.